The highest BCUT2D eigenvalue weighted by atomic mass is 16.7. The lowest BCUT2D eigenvalue weighted by atomic mass is 9.35. The van der Waals surface area contributed by atoms with Gasteiger partial charge in [-0.2, -0.15) is 0 Å². The first-order chi connectivity index (χ1) is 25.7. The number of rotatable bonds is 7. The molecule has 0 aromatic rings. The van der Waals surface area contributed by atoms with E-state index in [1.54, 1.807) is 0 Å². The second-order valence-corrected chi connectivity index (χ2v) is 20.3. The molecule has 9 N–H and O–H groups in total. The highest BCUT2D eigenvalue weighted by molar-refractivity contribution is 5.47. The summed E-state index contributed by atoms with van der Waals surface area (Å²) in [6.45, 7) is 14.2. The van der Waals surface area contributed by atoms with E-state index in [-0.39, 0.29) is 46.7 Å². The van der Waals surface area contributed by atoms with E-state index in [0.29, 0.717) is 12.8 Å². The van der Waals surface area contributed by atoms with Crippen LogP contribution in [0.3, 0.4) is 0 Å². The Morgan fingerprint density at radius 3 is 2.09 bits per heavy atom. The topological polar surface area (TPSA) is 219 Å². The van der Waals surface area contributed by atoms with E-state index >= 15 is 0 Å². The van der Waals surface area contributed by atoms with Crippen LogP contribution in [0.5, 0.6) is 0 Å². The molecule has 0 amide bonds. The van der Waals surface area contributed by atoms with Crippen molar-refractivity contribution in [3.05, 3.63) is 23.3 Å². The molecule has 7 rings (SSSR count). The zero-order valence-electron chi connectivity index (χ0n) is 33.7. The van der Waals surface area contributed by atoms with Gasteiger partial charge in [0.05, 0.1) is 38.1 Å². The van der Waals surface area contributed by atoms with E-state index in [1.807, 2.05) is 6.92 Å². The summed E-state index contributed by atoms with van der Waals surface area (Å²) < 4.78 is 24.0. The van der Waals surface area contributed by atoms with Gasteiger partial charge < -0.3 is 64.9 Å². The van der Waals surface area contributed by atoms with Crippen LogP contribution in [0.25, 0.3) is 0 Å². The van der Waals surface area contributed by atoms with Crippen molar-refractivity contribution < 1.29 is 64.9 Å². The Morgan fingerprint density at radius 2 is 1.44 bits per heavy atom. The Balaban J connectivity index is 1.16. The molecule has 2 aliphatic heterocycles. The summed E-state index contributed by atoms with van der Waals surface area (Å²) in [5.74, 6) is 0.113. The van der Waals surface area contributed by atoms with Crippen LogP contribution in [0.4, 0.5) is 0 Å². The predicted molar refractivity (Wildman–Crippen MR) is 199 cm³/mol. The normalized spacial score (nSPS) is 54.9. The van der Waals surface area contributed by atoms with Crippen molar-refractivity contribution in [3.63, 3.8) is 0 Å². The summed E-state index contributed by atoms with van der Waals surface area (Å²) in [6.07, 6.45) is -4.80. The van der Waals surface area contributed by atoms with Gasteiger partial charge in [0.1, 0.15) is 42.7 Å². The lowest BCUT2D eigenvalue weighted by molar-refractivity contribution is -0.368. The summed E-state index contributed by atoms with van der Waals surface area (Å²) in [6, 6.07) is 0. The van der Waals surface area contributed by atoms with E-state index in [4.69, 9.17) is 18.9 Å². The molecule has 7 aliphatic rings. The van der Waals surface area contributed by atoms with Gasteiger partial charge in [-0.3, -0.25) is 0 Å². The van der Waals surface area contributed by atoms with E-state index in [0.717, 1.165) is 38.5 Å². The molecule has 0 bridgehead atoms. The number of hydrogen-bond acceptors (Lipinski definition) is 13. The Labute approximate surface area is 325 Å². The molecule has 55 heavy (non-hydrogen) atoms. The van der Waals surface area contributed by atoms with Crippen LogP contribution in [0.2, 0.25) is 0 Å². The van der Waals surface area contributed by atoms with Crippen LogP contribution >= 0.6 is 0 Å². The first-order valence-electron chi connectivity index (χ1n) is 20.6. The molecule has 4 unspecified atom stereocenters. The summed E-state index contributed by atoms with van der Waals surface area (Å²) in [4.78, 5) is 0. The molecule has 0 radical (unpaired) electrons. The number of aliphatic hydroxyl groups excluding tert-OH is 9. The van der Waals surface area contributed by atoms with E-state index in [2.05, 4.69) is 46.8 Å². The third-order valence-electron chi connectivity index (χ3n) is 16.8. The second-order valence-electron chi connectivity index (χ2n) is 20.3. The molecule has 3 saturated carbocycles. The quantitative estimate of drug-likeness (QED) is 0.168. The standard InChI is InChI=1S/C42H68O13/c1-21-29(47)31(49)32(50)35(52-21)55-34-30(48)24(18-43)53-36(33(34)51)54-28-11-12-38(4)25(39(28,5)19-44)10-13-40(6)26(38)9-8-22-23-16-37(2,3)14-15-42(23,20-45)27(46)17-41(22,40)7/h8-9,21,24-36,43-51H,10-20H2,1-7H3/t21-,24-,25?,26?,27-,28?,29-,30-,31+,32-,33-,34+,35+,36+,38+,39?,40-,41-,42-/m1/s1. The number of ether oxygens (including phenoxy) is 4. The number of hydrogen-bond donors (Lipinski definition) is 9. The smallest absolute Gasteiger partial charge is 0.187 e. The molecule has 13 nitrogen and oxygen atoms in total. The lowest BCUT2D eigenvalue weighted by Crippen LogP contribution is -2.67. The molecule has 0 aromatic heterocycles. The number of allylic oxidation sites excluding steroid dienone is 3. The molecule has 0 spiro atoms. The van der Waals surface area contributed by atoms with Crippen molar-refractivity contribution in [2.45, 2.75) is 173 Å². The molecule has 19 atom stereocenters. The maximum Gasteiger partial charge on any atom is 0.187 e. The Hall–Kier alpha value is -1.04. The van der Waals surface area contributed by atoms with Crippen LogP contribution < -0.4 is 0 Å². The summed E-state index contributed by atoms with van der Waals surface area (Å²) in [5, 5.41) is 98.1. The van der Waals surface area contributed by atoms with Crippen molar-refractivity contribution >= 4 is 0 Å². The molecule has 0 aromatic carbocycles. The average molecular weight is 781 g/mol. The highest BCUT2D eigenvalue weighted by Gasteiger charge is 2.69. The van der Waals surface area contributed by atoms with Gasteiger partial charge >= 0.3 is 0 Å². The van der Waals surface area contributed by atoms with Crippen LogP contribution in [-0.4, -0.2) is 139 Å². The maximum absolute atomic E-state index is 12.0. The SMILES string of the molecule is C[C@H]1O[C@@H](O[C@@H]2[C@@H](O)[C@H](OC3CC[C@@]4(C)C(CC[C@]5(C)C4C=CC4=C6CC(C)(C)CC[C@]6(CO)[C@H](O)C[C@]45C)C3(C)CO)O[C@H](CO)[C@H]2O)[C@H](O)[C@@H](O)[C@@H]1O. The largest absolute Gasteiger partial charge is 0.396 e. The van der Waals surface area contributed by atoms with Gasteiger partial charge in [-0.25, -0.2) is 0 Å². The molecular weight excluding hydrogens is 712 g/mol. The summed E-state index contributed by atoms with van der Waals surface area (Å²) >= 11 is 0. The van der Waals surface area contributed by atoms with Gasteiger partial charge in [0.15, 0.2) is 12.6 Å². The third-order valence-corrected chi connectivity index (χ3v) is 16.8. The number of fused-ring (bicyclic) bond motifs is 6. The molecule has 13 heteroatoms. The van der Waals surface area contributed by atoms with Gasteiger partial charge in [0.2, 0.25) is 0 Å². The maximum atomic E-state index is 12.0. The van der Waals surface area contributed by atoms with Crippen LogP contribution in [0, 0.1) is 44.3 Å². The minimum absolute atomic E-state index is 0.00450. The highest BCUT2D eigenvalue weighted by Crippen LogP contribution is 2.74. The van der Waals surface area contributed by atoms with Gasteiger partial charge in [-0.1, -0.05) is 59.3 Å². The third kappa shape index (κ3) is 6.12. The minimum atomic E-state index is -1.68. The van der Waals surface area contributed by atoms with Crippen molar-refractivity contribution in [2.24, 2.45) is 44.3 Å². The summed E-state index contributed by atoms with van der Waals surface area (Å²) in [5.41, 5.74) is 0.374. The molecule has 2 saturated heterocycles. The second kappa shape index (κ2) is 14.3. The number of aliphatic hydroxyl groups is 9. The minimum Gasteiger partial charge on any atom is -0.396 e. The molecule has 2 heterocycles. The van der Waals surface area contributed by atoms with Crippen molar-refractivity contribution in [2.75, 3.05) is 19.8 Å². The first-order valence-corrected chi connectivity index (χ1v) is 20.6. The molecule has 5 aliphatic carbocycles. The van der Waals surface area contributed by atoms with Gasteiger partial charge in [0, 0.05) is 16.2 Å². The lowest BCUT2D eigenvalue weighted by Gasteiger charge is -2.70. The van der Waals surface area contributed by atoms with Crippen LogP contribution in [0.15, 0.2) is 23.3 Å². The fraction of sp³-hybridized carbons (Fsp3) is 0.905. The van der Waals surface area contributed by atoms with Crippen molar-refractivity contribution in [3.8, 4) is 0 Å². The first kappa shape index (κ1) is 42.1. The zero-order chi connectivity index (χ0) is 40.3. The van der Waals surface area contributed by atoms with E-state index < -0.39 is 91.1 Å². The average Bonchev–Trinajstić information content (AvgIpc) is 3.13. The fourth-order valence-corrected chi connectivity index (χ4v) is 13.0. The molecule has 314 valence electrons. The zero-order valence-corrected chi connectivity index (χ0v) is 33.7. The molecular formula is C42H68O13. The van der Waals surface area contributed by atoms with Crippen molar-refractivity contribution in [1.82, 2.24) is 0 Å². The Bertz CT molecular complexity index is 1500. The van der Waals surface area contributed by atoms with Gasteiger partial charge in [0.25, 0.3) is 0 Å². The fourth-order valence-electron chi connectivity index (χ4n) is 13.0. The summed E-state index contributed by atoms with van der Waals surface area (Å²) in [7, 11) is 0. The van der Waals surface area contributed by atoms with Crippen LogP contribution in [0.1, 0.15) is 99.8 Å². The van der Waals surface area contributed by atoms with Crippen molar-refractivity contribution in [1.29, 1.82) is 0 Å². The van der Waals surface area contributed by atoms with Gasteiger partial charge in [-0.05, 0) is 91.9 Å². The van der Waals surface area contributed by atoms with E-state index in [9.17, 15) is 46.0 Å². The Morgan fingerprint density at radius 1 is 0.745 bits per heavy atom. The van der Waals surface area contributed by atoms with Crippen LogP contribution in [-0.2, 0) is 18.9 Å². The van der Waals surface area contributed by atoms with Gasteiger partial charge in [-0.15, -0.1) is 0 Å². The molecule has 5 fully saturated rings. The monoisotopic (exact) mass is 780 g/mol. The Kier molecular flexibility index (Phi) is 11.0. The predicted octanol–water partition coefficient (Wildman–Crippen LogP) is 1.68. The van der Waals surface area contributed by atoms with E-state index in [1.165, 1.54) is 18.1 Å².